The zero-order valence-electron chi connectivity index (χ0n) is 11.0. The number of rotatable bonds is 5. The number of methoxy groups -OCH3 is 1. The van der Waals surface area contributed by atoms with E-state index in [4.69, 9.17) is 16.3 Å². The van der Waals surface area contributed by atoms with E-state index in [0.717, 1.165) is 18.4 Å². The van der Waals surface area contributed by atoms with Crippen molar-refractivity contribution >= 4 is 17.5 Å². The fraction of sp³-hybridized carbons (Fsp3) is 0.500. The van der Waals surface area contributed by atoms with Gasteiger partial charge in [0.15, 0.2) is 0 Å². The van der Waals surface area contributed by atoms with Crippen LogP contribution in [0.5, 0.6) is 0 Å². The van der Waals surface area contributed by atoms with Crippen LogP contribution in [0, 0.1) is 5.82 Å². The minimum Gasteiger partial charge on any atom is -0.372 e. The Morgan fingerprint density at radius 3 is 2.79 bits per heavy atom. The van der Waals surface area contributed by atoms with E-state index in [1.807, 2.05) is 0 Å². The first-order chi connectivity index (χ1) is 8.98. The van der Waals surface area contributed by atoms with Gasteiger partial charge >= 0.3 is 0 Å². The predicted molar refractivity (Wildman–Crippen MR) is 71.8 cm³/mol. The van der Waals surface area contributed by atoms with Crippen LogP contribution >= 0.6 is 11.6 Å². The van der Waals surface area contributed by atoms with E-state index in [1.54, 1.807) is 13.0 Å². The molecular formula is C14H17ClFNO2. The van der Waals surface area contributed by atoms with Crippen molar-refractivity contribution < 1.29 is 13.9 Å². The molecule has 0 unspecified atom stereocenters. The summed E-state index contributed by atoms with van der Waals surface area (Å²) in [6, 6.07) is 4.42. The first kappa shape index (κ1) is 14.3. The number of hydrogen-bond donors (Lipinski definition) is 1. The van der Waals surface area contributed by atoms with E-state index in [2.05, 4.69) is 5.32 Å². The average molecular weight is 286 g/mol. The number of carbonyl (C=O) groups is 1. The molecule has 1 saturated carbocycles. The maximum Gasteiger partial charge on any atom is 0.248 e. The van der Waals surface area contributed by atoms with Crippen molar-refractivity contribution in [1.29, 1.82) is 0 Å². The molecule has 0 radical (unpaired) electrons. The topological polar surface area (TPSA) is 38.3 Å². The summed E-state index contributed by atoms with van der Waals surface area (Å²) in [5.41, 5.74) is 0.759. The molecule has 1 aromatic rings. The van der Waals surface area contributed by atoms with Gasteiger partial charge in [0.1, 0.15) is 11.9 Å². The predicted octanol–water partition coefficient (Wildman–Crippen LogP) is 2.66. The largest absolute Gasteiger partial charge is 0.372 e. The fourth-order valence-electron chi connectivity index (χ4n) is 2.12. The van der Waals surface area contributed by atoms with Crippen LogP contribution in [0.15, 0.2) is 18.2 Å². The van der Waals surface area contributed by atoms with Crippen LogP contribution in [-0.2, 0) is 14.9 Å². The highest BCUT2D eigenvalue weighted by Gasteiger charge is 2.45. The number of ether oxygens (including phenoxy) is 1. The van der Waals surface area contributed by atoms with Gasteiger partial charge in [-0.3, -0.25) is 4.79 Å². The highest BCUT2D eigenvalue weighted by atomic mass is 35.5. The molecule has 104 valence electrons. The number of hydrogen-bond acceptors (Lipinski definition) is 2. The number of carbonyl (C=O) groups excluding carboxylic acids is 1. The molecule has 1 aliphatic rings. The highest BCUT2D eigenvalue weighted by molar-refractivity contribution is 6.31. The van der Waals surface area contributed by atoms with Crippen LogP contribution in [0.4, 0.5) is 4.39 Å². The lowest BCUT2D eigenvalue weighted by atomic mass is 9.95. The Labute approximate surface area is 117 Å². The summed E-state index contributed by atoms with van der Waals surface area (Å²) in [7, 11) is 1.49. The van der Waals surface area contributed by atoms with Gasteiger partial charge in [-0.25, -0.2) is 4.39 Å². The molecule has 0 aromatic heterocycles. The molecule has 1 N–H and O–H groups in total. The van der Waals surface area contributed by atoms with Crippen LogP contribution in [0.3, 0.4) is 0 Å². The Kier molecular flexibility index (Phi) is 4.11. The summed E-state index contributed by atoms with van der Waals surface area (Å²) in [4.78, 5) is 11.7. The molecular weight excluding hydrogens is 269 g/mol. The van der Waals surface area contributed by atoms with Gasteiger partial charge in [0.05, 0.1) is 0 Å². The van der Waals surface area contributed by atoms with Crippen molar-refractivity contribution in [3.63, 3.8) is 0 Å². The van der Waals surface area contributed by atoms with Gasteiger partial charge in [0.25, 0.3) is 0 Å². The molecule has 1 aromatic carbocycles. The van der Waals surface area contributed by atoms with Crippen molar-refractivity contribution in [3.8, 4) is 0 Å². The third-order valence-electron chi connectivity index (χ3n) is 3.68. The second kappa shape index (κ2) is 5.47. The standard InChI is InChI=1S/C14H17ClFNO2/c1-9(19-2)13(18)17-8-14(5-6-14)11-4-3-10(16)7-12(11)15/h3-4,7,9H,5-6,8H2,1-2H3,(H,17,18)/t9-/m1/s1. The lowest BCUT2D eigenvalue weighted by Crippen LogP contribution is -2.38. The number of halogens is 2. The molecule has 19 heavy (non-hydrogen) atoms. The van der Waals surface area contributed by atoms with Crippen molar-refractivity contribution in [2.45, 2.75) is 31.3 Å². The highest BCUT2D eigenvalue weighted by Crippen LogP contribution is 2.50. The second-order valence-corrected chi connectivity index (χ2v) is 5.41. The minimum atomic E-state index is -0.473. The minimum absolute atomic E-state index is 0.145. The van der Waals surface area contributed by atoms with Gasteiger partial charge in [0.2, 0.25) is 5.91 Å². The van der Waals surface area contributed by atoms with E-state index in [0.29, 0.717) is 11.6 Å². The molecule has 3 nitrogen and oxygen atoms in total. The monoisotopic (exact) mass is 285 g/mol. The van der Waals surface area contributed by atoms with E-state index >= 15 is 0 Å². The molecule has 0 spiro atoms. The summed E-state index contributed by atoms with van der Waals surface area (Å²) in [5, 5.41) is 3.28. The van der Waals surface area contributed by atoms with Crippen LogP contribution < -0.4 is 5.32 Å². The lowest BCUT2D eigenvalue weighted by molar-refractivity contribution is -0.130. The lowest BCUT2D eigenvalue weighted by Gasteiger charge is -2.19. The van der Waals surface area contributed by atoms with Crippen LogP contribution in [0.2, 0.25) is 5.02 Å². The van der Waals surface area contributed by atoms with Gasteiger partial charge in [-0.1, -0.05) is 17.7 Å². The Morgan fingerprint density at radius 2 is 2.26 bits per heavy atom. The molecule has 1 atom stereocenters. The van der Waals surface area contributed by atoms with Crippen LogP contribution in [0.25, 0.3) is 0 Å². The van der Waals surface area contributed by atoms with Crippen molar-refractivity contribution in [2.75, 3.05) is 13.7 Å². The SMILES string of the molecule is CO[C@H](C)C(=O)NCC1(c2ccc(F)cc2Cl)CC1. The van der Waals surface area contributed by atoms with Crippen LogP contribution in [0.1, 0.15) is 25.3 Å². The molecule has 0 aliphatic heterocycles. The van der Waals surface area contributed by atoms with Gasteiger partial charge in [-0.15, -0.1) is 0 Å². The summed E-state index contributed by atoms with van der Waals surface area (Å²) in [6.45, 7) is 2.20. The number of benzene rings is 1. The summed E-state index contributed by atoms with van der Waals surface area (Å²) >= 11 is 6.08. The maximum absolute atomic E-state index is 13.1. The summed E-state index contributed by atoms with van der Waals surface area (Å²) in [6.07, 6.45) is 1.42. The molecule has 0 bridgehead atoms. The fourth-order valence-corrected chi connectivity index (χ4v) is 2.49. The van der Waals surface area contributed by atoms with Gasteiger partial charge in [-0.2, -0.15) is 0 Å². The molecule has 1 amide bonds. The molecule has 2 rings (SSSR count). The Hall–Kier alpha value is -1.13. The van der Waals surface area contributed by atoms with E-state index in [1.165, 1.54) is 19.2 Å². The number of nitrogens with one attached hydrogen (secondary N) is 1. The Balaban J connectivity index is 2.05. The second-order valence-electron chi connectivity index (χ2n) is 5.00. The molecule has 1 fully saturated rings. The first-order valence-electron chi connectivity index (χ1n) is 6.24. The average Bonchev–Trinajstić information content (AvgIpc) is 3.16. The van der Waals surface area contributed by atoms with Crippen molar-refractivity contribution in [3.05, 3.63) is 34.6 Å². The molecule has 1 aliphatic carbocycles. The Morgan fingerprint density at radius 1 is 1.58 bits per heavy atom. The molecule has 5 heteroatoms. The van der Waals surface area contributed by atoms with Gasteiger partial charge in [-0.05, 0) is 37.5 Å². The number of amides is 1. The first-order valence-corrected chi connectivity index (χ1v) is 6.62. The summed E-state index contributed by atoms with van der Waals surface area (Å²) < 4.78 is 18.0. The Bertz CT molecular complexity index is 488. The zero-order chi connectivity index (χ0) is 14.0. The van der Waals surface area contributed by atoms with Gasteiger partial charge in [0, 0.05) is 24.1 Å². The normalized spacial score (nSPS) is 17.9. The quantitative estimate of drug-likeness (QED) is 0.903. The molecule has 0 saturated heterocycles. The molecule has 0 heterocycles. The third kappa shape index (κ3) is 3.07. The van der Waals surface area contributed by atoms with Crippen molar-refractivity contribution in [1.82, 2.24) is 5.32 Å². The van der Waals surface area contributed by atoms with E-state index in [9.17, 15) is 9.18 Å². The third-order valence-corrected chi connectivity index (χ3v) is 3.99. The van der Waals surface area contributed by atoms with Gasteiger partial charge < -0.3 is 10.1 Å². The van der Waals surface area contributed by atoms with E-state index in [-0.39, 0.29) is 17.1 Å². The van der Waals surface area contributed by atoms with E-state index < -0.39 is 6.10 Å². The zero-order valence-corrected chi connectivity index (χ0v) is 11.8. The summed E-state index contributed by atoms with van der Waals surface area (Å²) in [5.74, 6) is -0.492. The smallest absolute Gasteiger partial charge is 0.248 e. The van der Waals surface area contributed by atoms with Crippen molar-refractivity contribution in [2.24, 2.45) is 0 Å². The maximum atomic E-state index is 13.1. The van der Waals surface area contributed by atoms with Crippen LogP contribution in [-0.4, -0.2) is 25.7 Å².